The van der Waals surface area contributed by atoms with Gasteiger partial charge in [0.1, 0.15) is 0 Å². The van der Waals surface area contributed by atoms with Gasteiger partial charge >= 0.3 is 0 Å². The summed E-state index contributed by atoms with van der Waals surface area (Å²) < 4.78 is 1.90. The first-order valence-electron chi connectivity index (χ1n) is 7.39. The van der Waals surface area contributed by atoms with E-state index in [-0.39, 0.29) is 5.78 Å². The molecule has 0 aliphatic heterocycles. The summed E-state index contributed by atoms with van der Waals surface area (Å²) in [6.45, 7) is 0. The molecule has 0 bridgehead atoms. The molecule has 0 amide bonds. The zero-order chi connectivity index (χ0) is 14.9. The second-order valence-corrected chi connectivity index (χ2v) is 6.40. The van der Waals surface area contributed by atoms with Crippen LogP contribution in [-0.2, 0) is 12.8 Å². The number of thioether (sulfide) groups is 1. The first kappa shape index (κ1) is 13.5. The Kier molecular flexibility index (Phi) is 3.42. The first-order valence-corrected chi connectivity index (χ1v) is 8.37. The third-order valence-corrected chi connectivity index (χ3v) is 4.98. The Morgan fingerprint density at radius 2 is 2.05 bits per heavy atom. The van der Waals surface area contributed by atoms with Crippen LogP contribution in [0, 0.1) is 0 Å². The van der Waals surface area contributed by atoms with E-state index in [0.29, 0.717) is 5.75 Å². The highest BCUT2D eigenvalue weighted by Gasteiger charge is 2.15. The van der Waals surface area contributed by atoms with Gasteiger partial charge in [0.25, 0.3) is 0 Å². The van der Waals surface area contributed by atoms with Crippen LogP contribution in [0.15, 0.2) is 47.8 Å². The molecule has 4 rings (SSSR count). The smallest absolute Gasteiger partial charge is 0.196 e. The Balaban J connectivity index is 1.50. The summed E-state index contributed by atoms with van der Waals surface area (Å²) in [6.07, 6.45) is 5.35. The maximum atomic E-state index is 12.4. The van der Waals surface area contributed by atoms with Gasteiger partial charge in [-0.3, -0.25) is 9.20 Å². The Labute approximate surface area is 132 Å². The van der Waals surface area contributed by atoms with E-state index in [0.717, 1.165) is 29.2 Å². The molecule has 0 fully saturated rings. The summed E-state index contributed by atoms with van der Waals surface area (Å²) in [5, 5.41) is 8.99. The standard InChI is InChI=1S/C17H15N3OS/c21-15(14-8-7-12-4-3-5-13(12)10-14)11-22-17-19-18-16-6-1-2-9-20(16)17/h1-2,6-10H,3-5,11H2. The molecule has 4 nitrogen and oxygen atoms in total. The van der Waals surface area contributed by atoms with Gasteiger partial charge in [0.15, 0.2) is 16.6 Å². The van der Waals surface area contributed by atoms with Crippen LogP contribution in [0.3, 0.4) is 0 Å². The van der Waals surface area contributed by atoms with E-state index in [1.54, 1.807) is 0 Å². The number of rotatable bonds is 4. The largest absolute Gasteiger partial charge is 0.293 e. The Morgan fingerprint density at radius 3 is 3.00 bits per heavy atom. The molecule has 110 valence electrons. The minimum atomic E-state index is 0.146. The third-order valence-electron chi connectivity index (χ3n) is 4.04. The molecule has 0 unspecified atom stereocenters. The third kappa shape index (κ3) is 2.41. The normalized spacial score (nSPS) is 13.5. The van der Waals surface area contributed by atoms with E-state index in [1.807, 2.05) is 34.9 Å². The molecule has 2 aromatic heterocycles. The molecule has 3 aromatic rings. The molecule has 5 heteroatoms. The van der Waals surface area contributed by atoms with Crippen LogP contribution in [0.5, 0.6) is 0 Å². The predicted molar refractivity (Wildman–Crippen MR) is 86.5 cm³/mol. The summed E-state index contributed by atoms with van der Waals surface area (Å²) >= 11 is 1.43. The fourth-order valence-corrected chi connectivity index (χ4v) is 3.70. The number of aryl methyl sites for hydroxylation is 2. The monoisotopic (exact) mass is 309 g/mol. The number of Topliss-reactive ketones (excluding diaryl/α,β-unsaturated/α-hetero) is 1. The Morgan fingerprint density at radius 1 is 1.14 bits per heavy atom. The van der Waals surface area contributed by atoms with Crippen LogP contribution in [0.1, 0.15) is 27.9 Å². The van der Waals surface area contributed by atoms with Crippen LogP contribution in [0.4, 0.5) is 0 Å². The van der Waals surface area contributed by atoms with E-state index in [9.17, 15) is 4.79 Å². The zero-order valence-electron chi connectivity index (χ0n) is 12.0. The maximum absolute atomic E-state index is 12.4. The summed E-state index contributed by atoms with van der Waals surface area (Å²) in [7, 11) is 0. The van der Waals surface area contributed by atoms with E-state index in [2.05, 4.69) is 22.3 Å². The van der Waals surface area contributed by atoms with E-state index < -0.39 is 0 Å². The Hall–Kier alpha value is -2.14. The van der Waals surface area contributed by atoms with Crippen molar-refractivity contribution in [3.63, 3.8) is 0 Å². The quantitative estimate of drug-likeness (QED) is 0.548. The van der Waals surface area contributed by atoms with Crippen molar-refractivity contribution in [2.24, 2.45) is 0 Å². The second-order valence-electron chi connectivity index (χ2n) is 5.46. The number of hydrogen-bond acceptors (Lipinski definition) is 4. The minimum absolute atomic E-state index is 0.146. The molecule has 22 heavy (non-hydrogen) atoms. The van der Waals surface area contributed by atoms with Crippen molar-refractivity contribution in [2.45, 2.75) is 24.4 Å². The van der Waals surface area contributed by atoms with Gasteiger partial charge in [-0.2, -0.15) is 0 Å². The molecule has 0 atom stereocenters. The highest BCUT2D eigenvalue weighted by molar-refractivity contribution is 7.99. The average molecular weight is 309 g/mol. The molecule has 0 saturated carbocycles. The van der Waals surface area contributed by atoms with Gasteiger partial charge in [-0.25, -0.2) is 0 Å². The van der Waals surface area contributed by atoms with Gasteiger partial charge in [0.05, 0.1) is 5.75 Å². The number of carbonyl (C=O) groups excluding carboxylic acids is 1. The van der Waals surface area contributed by atoms with Gasteiger partial charge < -0.3 is 0 Å². The molecule has 2 heterocycles. The fourth-order valence-electron chi connectivity index (χ4n) is 2.88. The van der Waals surface area contributed by atoms with Gasteiger partial charge in [-0.05, 0) is 48.6 Å². The number of pyridine rings is 1. The highest BCUT2D eigenvalue weighted by Crippen LogP contribution is 2.24. The van der Waals surface area contributed by atoms with Crippen molar-refractivity contribution < 1.29 is 4.79 Å². The molecule has 0 N–H and O–H groups in total. The van der Waals surface area contributed by atoms with Crippen LogP contribution >= 0.6 is 11.8 Å². The van der Waals surface area contributed by atoms with Crippen molar-refractivity contribution in [3.05, 3.63) is 59.3 Å². The molecule has 1 aliphatic carbocycles. The zero-order valence-corrected chi connectivity index (χ0v) is 12.8. The summed E-state index contributed by atoms with van der Waals surface area (Å²) in [5.74, 6) is 0.529. The lowest BCUT2D eigenvalue weighted by molar-refractivity contribution is 0.102. The lowest BCUT2D eigenvalue weighted by Gasteiger charge is -2.04. The van der Waals surface area contributed by atoms with E-state index >= 15 is 0 Å². The number of ketones is 1. The van der Waals surface area contributed by atoms with Crippen LogP contribution in [0.2, 0.25) is 0 Å². The molecule has 0 radical (unpaired) electrons. The first-order chi connectivity index (χ1) is 10.8. The van der Waals surface area contributed by atoms with Crippen molar-refractivity contribution in [2.75, 3.05) is 5.75 Å². The van der Waals surface area contributed by atoms with Crippen LogP contribution in [0.25, 0.3) is 5.65 Å². The fraction of sp³-hybridized carbons (Fsp3) is 0.235. The topological polar surface area (TPSA) is 47.3 Å². The maximum Gasteiger partial charge on any atom is 0.196 e. The van der Waals surface area contributed by atoms with Crippen molar-refractivity contribution >= 4 is 23.2 Å². The second kappa shape index (κ2) is 5.57. The Bertz CT molecular complexity index is 856. The van der Waals surface area contributed by atoms with Crippen molar-refractivity contribution in [3.8, 4) is 0 Å². The number of fused-ring (bicyclic) bond motifs is 2. The highest BCUT2D eigenvalue weighted by atomic mass is 32.2. The molecular formula is C17H15N3OS. The lowest BCUT2D eigenvalue weighted by Crippen LogP contribution is -2.04. The summed E-state index contributed by atoms with van der Waals surface area (Å²) in [4.78, 5) is 12.4. The average Bonchev–Trinajstić information content (AvgIpc) is 3.18. The number of benzene rings is 1. The predicted octanol–water partition coefficient (Wildman–Crippen LogP) is 3.19. The molecule has 1 aliphatic rings. The number of hydrogen-bond donors (Lipinski definition) is 0. The molecule has 0 saturated heterocycles. The molecule has 0 spiro atoms. The number of aromatic nitrogens is 3. The molecular weight excluding hydrogens is 294 g/mol. The van der Waals surface area contributed by atoms with E-state index in [1.165, 1.54) is 29.3 Å². The number of nitrogens with zero attached hydrogens (tertiary/aromatic N) is 3. The number of carbonyl (C=O) groups is 1. The summed E-state index contributed by atoms with van der Waals surface area (Å²) in [5.41, 5.74) is 4.34. The van der Waals surface area contributed by atoms with Crippen LogP contribution in [-0.4, -0.2) is 26.1 Å². The van der Waals surface area contributed by atoms with Crippen molar-refractivity contribution in [1.82, 2.24) is 14.6 Å². The summed E-state index contributed by atoms with van der Waals surface area (Å²) in [6, 6.07) is 11.9. The van der Waals surface area contributed by atoms with Gasteiger partial charge in [0, 0.05) is 11.8 Å². The van der Waals surface area contributed by atoms with E-state index in [4.69, 9.17) is 0 Å². The SMILES string of the molecule is O=C(CSc1nnc2ccccn12)c1ccc2c(c1)CCC2. The lowest BCUT2D eigenvalue weighted by atomic mass is 10.0. The minimum Gasteiger partial charge on any atom is -0.293 e. The van der Waals surface area contributed by atoms with Crippen molar-refractivity contribution in [1.29, 1.82) is 0 Å². The molecule has 1 aromatic carbocycles. The van der Waals surface area contributed by atoms with Gasteiger partial charge in [-0.15, -0.1) is 10.2 Å². The van der Waals surface area contributed by atoms with Gasteiger partial charge in [-0.1, -0.05) is 30.0 Å². The van der Waals surface area contributed by atoms with Crippen LogP contribution < -0.4 is 0 Å². The van der Waals surface area contributed by atoms with Gasteiger partial charge in [0.2, 0.25) is 0 Å².